The molecule has 0 unspecified atom stereocenters. The molecule has 3 aromatic rings. The number of fused-ring (bicyclic) bond motifs is 1. The number of hydrogen-bond acceptors (Lipinski definition) is 7. The van der Waals surface area contributed by atoms with Crippen LogP contribution in [0.5, 0.6) is 5.06 Å². The van der Waals surface area contributed by atoms with Gasteiger partial charge in [0, 0.05) is 32.3 Å². The summed E-state index contributed by atoms with van der Waals surface area (Å²) >= 11 is 6.98. The van der Waals surface area contributed by atoms with Crippen LogP contribution in [0, 0.1) is 0 Å². The number of nitrogens with zero attached hydrogens (tertiary/aromatic N) is 3. The normalized spacial score (nSPS) is 14.1. The van der Waals surface area contributed by atoms with Gasteiger partial charge in [-0.3, -0.25) is 15.0 Å². The van der Waals surface area contributed by atoms with E-state index in [1.807, 2.05) is 6.07 Å². The summed E-state index contributed by atoms with van der Waals surface area (Å²) < 4.78 is 5.68. The second-order valence-corrected chi connectivity index (χ2v) is 10.3. The van der Waals surface area contributed by atoms with Crippen LogP contribution in [0.1, 0.15) is 30.7 Å². The van der Waals surface area contributed by atoms with Crippen LogP contribution >= 0.6 is 22.9 Å². The molecule has 1 aliphatic rings. The van der Waals surface area contributed by atoms with E-state index in [4.69, 9.17) is 16.3 Å². The molecular weight excluding hydrogens is 474 g/mol. The van der Waals surface area contributed by atoms with E-state index in [-0.39, 0.29) is 5.95 Å². The third kappa shape index (κ3) is 6.31. The molecule has 2 aromatic heterocycles. The number of anilines is 1. The van der Waals surface area contributed by atoms with Crippen LogP contribution in [-0.2, 0) is 24.2 Å². The number of hydrogen-bond donors (Lipinski definition) is 2. The fourth-order valence-corrected chi connectivity index (χ4v) is 4.49. The third-order valence-corrected chi connectivity index (χ3v) is 6.62. The van der Waals surface area contributed by atoms with Crippen molar-refractivity contribution in [3.8, 4) is 5.06 Å². The highest BCUT2D eigenvalue weighted by atomic mass is 35.5. The Morgan fingerprint density at radius 1 is 1.15 bits per heavy atom. The molecule has 0 atom stereocenters. The lowest BCUT2D eigenvalue weighted by Gasteiger charge is -2.24. The first-order valence-corrected chi connectivity index (χ1v) is 12.2. The molecule has 3 heterocycles. The van der Waals surface area contributed by atoms with E-state index in [1.165, 1.54) is 5.56 Å². The highest BCUT2D eigenvalue weighted by Crippen LogP contribution is 2.28. The van der Waals surface area contributed by atoms with Gasteiger partial charge in [0.15, 0.2) is 5.06 Å². The lowest BCUT2D eigenvalue weighted by atomic mass is 10.1. The van der Waals surface area contributed by atoms with Crippen molar-refractivity contribution in [2.24, 2.45) is 0 Å². The molecule has 0 radical (unpaired) electrons. The maximum atomic E-state index is 12.8. The molecule has 34 heavy (non-hydrogen) atoms. The molecule has 0 fully saturated rings. The minimum Gasteiger partial charge on any atom is -0.399 e. The molecule has 1 aromatic carbocycles. The third-order valence-electron chi connectivity index (χ3n) is 5.51. The summed E-state index contributed by atoms with van der Waals surface area (Å²) in [6.07, 6.45) is 2.64. The average molecular weight is 500 g/mol. The van der Waals surface area contributed by atoms with Crippen LogP contribution in [0.3, 0.4) is 0 Å². The van der Waals surface area contributed by atoms with Crippen LogP contribution in [0.15, 0.2) is 48.7 Å². The van der Waals surface area contributed by atoms with E-state index in [0.717, 1.165) is 55.1 Å². The Morgan fingerprint density at radius 3 is 2.65 bits per heavy atom. The van der Waals surface area contributed by atoms with Gasteiger partial charge in [0.2, 0.25) is 5.95 Å². The van der Waals surface area contributed by atoms with Crippen LogP contribution in [0.4, 0.5) is 10.7 Å². The van der Waals surface area contributed by atoms with Crippen LogP contribution in [0.25, 0.3) is 0 Å². The Labute approximate surface area is 207 Å². The van der Waals surface area contributed by atoms with Gasteiger partial charge in [0.25, 0.3) is 5.91 Å². The number of rotatable bonds is 6. The fourth-order valence-electron chi connectivity index (χ4n) is 3.62. The molecule has 10 heteroatoms. The smallest absolute Gasteiger partial charge is 0.399 e. The maximum Gasteiger partial charge on any atom is 0.414 e. The van der Waals surface area contributed by atoms with E-state index in [0.29, 0.717) is 9.40 Å². The van der Waals surface area contributed by atoms with Crippen LogP contribution in [0.2, 0.25) is 4.34 Å². The Kier molecular flexibility index (Phi) is 7.45. The average Bonchev–Trinajstić information content (AvgIpc) is 3.09. The topological polar surface area (TPSA) is 96.4 Å². The van der Waals surface area contributed by atoms with Crippen LogP contribution in [-0.4, -0.2) is 45.5 Å². The van der Waals surface area contributed by atoms with Gasteiger partial charge in [-0.05, 0) is 43.5 Å². The van der Waals surface area contributed by atoms with Crippen molar-refractivity contribution >= 4 is 40.9 Å². The van der Waals surface area contributed by atoms with Crippen LogP contribution < -0.4 is 15.4 Å². The summed E-state index contributed by atoms with van der Waals surface area (Å²) in [5.41, 5.74) is 2.05. The van der Waals surface area contributed by atoms with E-state index in [9.17, 15) is 9.59 Å². The molecule has 4 rings (SSSR count). The summed E-state index contributed by atoms with van der Waals surface area (Å²) in [5.74, 6) is -0.235. The molecule has 8 nitrogen and oxygen atoms in total. The van der Waals surface area contributed by atoms with E-state index >= 15 is 0 Å². The highest BCUT2D eigenvalue weighted by Gasteiger charge is 2.31. The van der Waals surface area contributed by atoms with Crippen molar-refractivity contribution in [2.75, 3.05) is 18.4 Å². The van der Waals surface area contributed by atoms with Gasteiger partial charge in [-0.2, -0.15) is 0 Å². The lowest BCUT2D eigenvalue weighted by Crippen LogP contribution is -2.53. The molecule has 178 valence electrons. The predicted octanol–water partition coefficient (Wildman–Crippen LogP) is 4.30. The Morgan fingerprint density at radius 2 is 1.91 bits per heavy atom. The number of benzene rings is 1. The summed E-state index contributed by atoms with van der Waals surface area (Å²) in [6, 6.07) is 13.6. The summed E-state index contributed by atoms with van der Waals surface area (Å²) in [6.45, 7) is 5.84. The number of amides is 2. The van der Waals surface area contributed by atoms with Crippen molar-refractivity contribution in [3.63, 3.8) is 0 Å². The number of thiophene rings is 1. The van der Waals surface area contributed by atoms with Crippen molar-refractivity contribution in [3.05, 3.63) is 69.8 Å². The van der Waals surface area contributed by atoms with Crippen molar-refractivity contribution in [1.29, 1.82) is 0 Å². The van der Waals surface area contributed by atoms with Gasteiger partial charge in [-0.15, -0.1) is 0 Å². The van der Waals surface area contributed by atoms with E-state index < -0.39 is 17.5 Å². The highest BCUT2D eigenvalue weighted by molar-refractivity contribution is 7.17. The standard InChI is InChI=1S/C24H26ClN5O3S/c1-24(2,29-23(32)33-20-9-8-19(25)34-20)21(31)28-22-26-14-17-10-12-30(13-11-18(17)27-22)15-16-6-4-3-5-7-16/h3-9,14H,10-13,15H2,1-2H3,(H,29,32)(H,26,27,28,31). The van der Waals surface area contributed by atoms with Gasteiger partial charge in [0.05, 0.1) is 10.0 Å². The van der Waals surface area contributed by atoms with Crippen molar-refractivity contribution in [2.45, 2.75) is 38.8 Å². The summed E-state index contributed by atoms with van der Waals surface area (Å²) in [5, 5.41) is 5.62. The molecule has 0 saturated heterocycles. The Bertz CT molecular complexity index is 1170. The first-order chi connectivity index (χ1) is 16.3. The molecule has 0 spiro atoms. The molecule has 0 bridgehead atoms. The Hall–Kier alpha value is -3.01. The molecule has 2 amide bonds. The number of ether oxygens (including phenoxy) is 1. The predicted molar refractivity (Wildman–Crippen MR) is 132 cm³/mol. The van der Waals surface area contributed by atoms with E-state index in [2.05, 4.69) is 49.8 Å². The number of carbonyl (C=O) groups excluding carboxylic acids is 2. The largest absolute Gasteiger partial charge is 0.414 e. The van der Waals surface area contributed by atoms with Gasteiger partial charge >= 0.3 is 6.09 Å². The first-order valence-electron chi connectivity index (χ1n) is 11.0. The van der Waals surface area contributed by atoms with Gasteiger partial charge in [-0.1, -0.05) is 53.3 Å². The van der Waals surface area contributed by atoms with Gasteiger partial charge < -0.3 is 10.1 Å². The monoisotopic (exact) mass is 499 g/mol. The zero-order valence-corrected chi connectivity index (χ0v) is 20.6. The van der Waals surface area contributed by atoms with Crippen molar-refractivity contribution < 1.29 is 14.3 Å². The number of carbonyl (C=O) groups is 2. The molecular formula is C24H26ClN5O3S. The molecule has 0 aliphatic carbocycles. The van der Waals surface area contributed by atoms with Gasteiger partial charge in [0.1, 0.15) is 5.54 Å². The zero-order valence-electron chi connectivity index (χ0n) is 19.0. The fraction of sp³-hybridized carbons (Fsp3) is 0.333. The number of halogens is 1. The SMILES string of the molecule is CC(C)(NC(=O)Oc1ccc(Cl)s1)C(=O)Nc1ncc2c(n1)CCN(Cc1ccccc1)CC2. The zero-order chi connectivity index (χ0) is 24.1. The molecule has 0 saturated carbocycles. The Balaban J connectivity index is 1.34. The minimum atomic E-state index is -1.25. The summed E-state index contributed by atoms with van der Waals surface area (Å²) in [7, 11) is 0. The second-order valence-electron chi connectivity index (χ2n) is 8.58. The number of aromatic nitrogens is 2. The van der Waals surface area contributed by atoms with Crippen molar-refractivity contribution in [1.82, 2.24) is 20.2 Å². The maximum absolute atomic E-state index is 12.8. The second kappa shape index (κ2) is 10.5. The summed E-state index contributed by atoms with van der Waals surface area (Å²) in [4.78, 5) is 36.3. The lowest BCUT2D eigenvalue weighted by molar-refractivity contribution is -0.121. The molecule has 2 N–H and O–H groups in total. The van der Waals surface area contributed by atoms with Gasteiger partial charge in [-0.25, -0.2) is 14.8 Å². The van der Waals surface area contributed by atoms with E-state index in [1.54, 1.807) is 32.2 Å². The molecule has 1 aliphatic heterocycles. The minimum absolute atomic E-state index is 0.216. The number of nitrogens with one attached hydrogen (secondary N) is 2. The first kappa shape index (κ1) is 24.1. The quantitative estimate of drug-likeness (QED) is 0.525.